The van der Waals surface area contributed by atoms with Gasteiger partial charge in [-0.05, 0) is 30.9 Å². The fraction of sp³-hybridized carbons (Fsp3) is 0.500. The average Bonchev–Trinajstić information content (AvgIpc) is 2.03. The maximum atomic E-state index is 4.09. The van der Waals surface area contributed by atoms with E-state index in [9.17, 15) is 0 Å². The van der Waals surface area contributed by atoms with Crippen LogP contribution in [0.5, 0.6) is 0 Å². The first-order chi connectivity index (χ1) is 5.91. The van der Waals surface area contributed by atoms with Crippen LogP contribution in [0.15, 0.2) is 35.6 Å². The highest BCUT2D eigenvalue weighted by atomic mass is 14.8. The molecule has 0 aromatic carbocycles. The summed E-state index contributed by atoms with van der Waals surface area (Å²) in [5.74, 6) is 0.468. The third-order valence-electron chi connectivity index (χ3n) is 2.12. The van der Waals surface area contributed by atoms with E-state index in [1.807, 2.05) is 7.05 Å². The van der Waals surface area contributed by atoms with E-state index in [0.717, 1.165) is 11.3 Å². The third kappa shape index (κ3) is 3.10. The molecule has 1 nitrogen and oxygen atoms in total. The summed E-state index contributed by atoms with van der Waals surface area (Å²) >= 11 is 0. The zero-order valence-corrected chi connectivity index (χ0v) is 9.49. The second-order valence-electron chi connectivity index (χ2n) is 3.78. The minimum absolute atomic E-state index is 0.468. The van der Waals surface area contributed by atoms with Gasteiger partial charge < -0.3 is 5.32 Å². The van der Waals surface area contributed by atoms with Crippen LogP contribution in [0, 0.1) is 5.92 Å². The standard InChI is InChI=1S/C12H21N/c1-8(2)10(5)12(9(3)4)11(6)13-7/h8,13H,5-6H2,1-4,7H3. The van der Waals surface area contributed by atoms with Crippen LogP contribution < -0.4 is 5.32 Å². The van der Waals surface area contributed by atoms with Gasteiger partial charge >= 0.3 is 0 Å². The number of allylic oxidation sites excluding steroid dienone is 2. The molecule has 0 aliphatic rings. The molecule has 0 aliphatic carbocycles. The summed E-state index contributed by atoms with van der Waals surface area (Å²) in [5.41, 5.74) is 4.55. The van der Waals surface area contributed by atoms with Crippen molar-refractivity contribution in [3.05, 3.63) is 35.6 Å². The molecule has 0 atom stereocenters. The highest BCUT2D eigenvalue weighted by Gasteiger charge is 2.10. The lowest BCUT2D eigenvalue weighted by Gasteiger charge is -2.18. The van der Waals surface area contributed by atoms with E-state index in [1.165, 1.54) is 11.1 Å². The maximum absolute atomic E-state index is 4.09. The zero-order valence-electron chi connectivity index (χ0n) is 9.49. The molecule has 0 amide bonds. The second-order valence-corrected chi connectivity index (χ2v) is 3.78. The van der Waals surface area contributed by atoms with E-state index in [0.29, 0.717) is 5.92 Å². The van der Waals surface area contributed by atoms with Crippen LogP contribution in [0.4, 0.5) is 0 Å². The Kier molecular flexibility index (Phi) is 4.53. The first kappa shape index (κ1) is 12.0. The molecule has 13 heavy (non-hydrogen) atoms. The predicted molar refractivity (Wildman–Crippen MR) is 60.6 cm³/mol. The van der Waals surface area contributed by atoms with Gasteiger partial charge in [-0.3, -0.25) is 0 Å². The fourth-order valence-electron chi connectivity index (χ4n) is 1.23. The molecular formula is C12H21N. The number of rotatable bonds is 4. The first-order valence-corrected chi connectivity index (χ1v) is 4.65. The van der Waals surface area contributed by atoms with Gasteiger partial charge in [0.2, 0.25) is 0 Å². The molecule has 1 heteroatoms. The Labute approximate surface area is 82.2 Å². The molecule has 0 spiro atoms. The number of nitrogens with one attached hydrogen (secondary N) is 1. The van der Waals surface area contributed by atoms with E-state index in [2.05, 4.69) is 46.2 Å². The number of hydrogen-bond donors (Lipinski definition) is 1. The van der Waals surface area contributed by atoms with Gasteiger partial charge in [-0.25, -0.2) is 0 Å². The minimum atomic E-state index is 0.468. The molecule has 0 unspecified atom stereocenters. The van der Waals surface area contributed by atoms with Gasteiger partial charge in [-0.1, -0.05) is 32.6 Å². The molecule has 0 aliphatic heterocycles. The summed E-state index contributed by atoms with van der Waals surface area (Å²) < 4.78 is 0. The lowest BCUT2D eigenvalue weighted by atomic mass is 9.92. The molecule has 0 saturated carbocycles. The van der Waals surface area contributed by atoms with Crippen LogP contribution >= 0.6 is 0 Å². The van der Waals surface area contributed by atoms with Crippen LogP contribution in [0.2, 0.25) is 0 Å². The number of hydrogen-bond acceptors (Lipinski definition) is 1. The molecular weight excluding hydrogens is 158 g/mol. The summed E-state index contributed by atoms with van der Waals surface area (Å²) in [6, 6.07) is 0. The molecule has 0 fully saturated rings. The van der Waals surface area contributed by atoms with Gasteiger partial charge in [0, 0.05) is 12.7 Å². The van der Waals surface area contributed by atoms with Crippen molar-refractivity contribution in [2.45, 2.75) is 27.7 Å². The van der Waals surface area contributed by atoms with Gasteiger partial charge in [0.25, 0.3) is 0 Å². The highest BCUT2D eigenvalue weighted by molar-refractivity contribution is 5.46. The van der Waals surface area contributed by atoms with Crippen LogP contribution in [0.1, 0.15) is 27.7 Å². The van der Waals surface area contributed by atoms with Gasteiger partial charge in [0.15, 0.2) is 0 Å². The van der Waals surface area contributed by atoms with E-state index in [-0.39, 0.29) is 0 Å². The van der Waals surface area contributed by atoms with Crippen molar-refractivity contribution in [1.29, 1.82) is 0 Å². The molecule has 74 valence electrons. The van der Waals surface area contributed by atoms with Crippen molar-refractivity contribution in [3.8, 4) is 0 Å². The molecule has 0 heterocycles. The van der Waals surface area contributed by atoms with Crippen molar-refractivity contribution >= 4 is 0 Å². The lowest BCUT2D eigenvalue weighted by molar-refractivity contribution is 0.773. The zero-order chi connectivity index (χ0) is 10.6. The topological polar surface area (TPSA) is 12.0 Å². The predicted octanol–water partition coefficient (Wildman–Crippen LogP) is 3.27. The number of likely N-dealkylation sites (N-methyl/N-ethyl adjacent to an activating group) is 1. The second kappa shape index (κ2) is 4.90. The van der Waals surface area contributed by atoms with Crippen molar-refractivity contribution in [3.63, 3.8) is 0 Å². The maximum Gasteiger partial charge on any atom is 0.0340 e. The van der Waals surface area contributed by atoms with E-state index >= 15 is 0 Å². The highest BCUT2D eigenvalue weighted by Crippen LogP contribution is 2.24. The van der Waals surface area contributed by atoms with Crippen molar-refractivity contribution in [2.24, 2.45) is 5.92 Å². The molecule has 0 aromatic rings. The Morgan fingerprint density at radius 1 is 1.15 bits per heavy atom. The van der Waals surface area contributed by atoms with Gasteiger partial charge in [-0.15, -0.1) is 0 Å². The van der Waals surface area contributed by atoms with Crippen LogP contribution in [-0.4, -0.2) is 7.05 Å². The summed E-state index contributed by atoms with van der Waals surface area (Å²) in [6.45, 7) is 16.5. The summed E-state index contributed by atoms with van der Waals surface area (Å²) in [6.07, 6.45) is 0. The third-order valence-corrected chi connectivity index (χ3v) is 2.12. The Hall–Kier alpha value is -0.980. The summed E-state index contributed by atoms with van der Waals surface area (Å²) in [5, 5.41) is 3.07. The Morgan fingerprint density at radius 3 is 1.85 bits per heavy atom. The SMILES string of the molecule is C=C(NC)C(C(=C)C(C)C)=C(C)C. The largest absolute Gasteiger partial charge is 0.388 e. The molecule has 0 aromatic heterocycles. The Bertz CT molecular complexity index is 240. The van der Waals surface area contributed by atoms with Crippen LogP contribution in [-0.2, 0) is 0 Å². The fourth-order valence-corrected chi connectivity index (χ4v) is 1.23. The monoisotopic (exact) mass is 179 g/mol. The van der Waals surface area contributed by atoms with Crippen molar-refractivity contribution < 1.29 is 0 Å². The Balaban J connectivity index is 4.97. The summed E-state index contributed by atoms with van der Waals surface area (Å²) in [4.78, 5) is 0. The van der Waals surface area contributed by atoms with E-state index in [1.54, 1.807) is 0 Å². The molecule has 0 radical (unpaired) electrons. The normalized spacial score (nSPS) is 9.69. The molecule has 1 N–H and O–H groups in total. The van der Waals surface area contributed by atoms with Gasteiger partial charge in [0.1, 0.15) is 0 Å². The van der Waals surface area contributed by atoms with Gasteiger partial charge in [-0.2, -0.15) is 0 Å². The summed E-state index contributed by atoms with van der Waals surface area (Å²) in [7, 11) is 1.89. The van der Waals surface area contributed by atoms with E-state index < -0.39 is 0 Å². The molecule has 0 saturated heterocycles. The molecule has 0 rings (SSSR count). The minimum Gasteiger partial charge on any atom is -0.388 e. The average molecular weight is 179 g/mol. The smallest absolute Gasteiger partial charge is 0.0340 e. The molecule has 0 bridgehead atoms. The lowest BCUT2D eigenvalue weighted by Crippen LogP contribution is -2.11. The first-order valence-electron chi connectivity index (χ1n) is 4.65. The van der Waals surface area contributed by atoms with Crippen molar-refractivity contribution in [2.75, 3.05) is 7.05 Å². The van der Waals surface area contributed by atoms with Crippen LogP contribution in [0.3, 0.4) is 0 Å². The van der Waals surface area contributed by atoms with Gasteiger partial charge in [0.05, 0.1) is 0 Å². The Morgan fingerprint density at radius 2 is 1.62 bits per heavy atom. The van der Waals surface area contributed by atoms with Crippen LogP contribution in [0.25, 0.3) is 0 Å². The van der Waals surface area contributed by atoms with E-state index in [4.69, 9.17) is 0 Å². The quantitative estimate of drug-likeness (QED) is 0.653. The van der Waals surface area contributed by atoms with Crippen molar-refractivity contribution in [1.82, 2.24) is 5.32 Å².